The topological polar surface area (TPSA) is 56.8 Å². The van der Waals surface area contributed by atoms with Crippen LogP contribution >= 0.6 is 0 Å². The van der Waals surface area contributed by atoms with Crippen LogP contribution in [-0.4, -0.2) is 54.4 Å². The van der Waals surface area contributed by atoms with Gasteiger partial charge in [0.1, 0.15) is 5.82 Å². The van der Waals surface area contributed by atoms with E-state index in [0.717, 1.165) is 37.4 Å². The molecular weight excluding hydrogens is 328 g/mol. The van der Waals surface area contributed by atoms with E-state index < -0.39 is 0 Å². The van der Waals surface area contributed by atoms with Crippen molar-refractivity contribution in [3.63, 3.8) is 0 Å². The number of aromatic nitrogens is 1. The Morgan fingerprint density at radius 2 is 1.92 bits per heavy atom. The number of para-hydroxylation sites is 1. The second-order valence-electron chi connectivity index (χ2n) is 6.89. The van der Waals surface area contributed by atoms with E-state index in [-0.39, 0.29) is 11.9 Å². The highest BCUT2D eigenvalue weighted by molar-refractivity contribution is 6.08. The number of benzene rings is 1. The first-order chi connectivity index (χ1) is 12.7. The van der Waals surface area contributed by atoms with Gasteiger partial charge in [-0.05, 0) is 37.1 Å². The first-order valence-corrected chi connectivity index (χ1v) is 8.99. The van der Waals surface area contributed by atoms with Crippen LogP contribution in [0.5, 0.6) is 0 Å². The normalized spacial score (nSPS) is 19.4. The van der Waals surface area contributed by atoms with Crippen LogP contribution in [0.1, 0.15) is 22.8 Å². The summed E-state index contributed by atoms with van der Waals surface area (Å²) in [6, 6.07) is 11.9. The first-order valence-electron chi connectivity index (χ1n) is 8.99. The molecule has 2 aromatic rings. The molecule has 1 fully saturated rings. The minimum Gasteiger partial charge on any atom is -0.353 e. The fourth-order valence-corrected chi connectivity index (χ4v) is 3.79. The van der Waals surface area contributed by atoms with E-state index >= 15 is 0 Å². The summed E-state index contributed by atoms with van der Waals surface area (Å²) in [7, 11) is 0. The molecule has 0 spiro atoms. The molecule has 1 aromatic carbocycles. The van der Waals surface area contributed by atoms with Crippen molar-refractivity contribution in [2.45, 2.75) is 19.4 Å². The van der Waals surface area contributed by atoms with Crippen LogP contribution in [0.3, 0.4) is 0 Å². The lowest BCUT2D eigenvalue weighted by Gasteiger charge is -2.33. The molecule has 4 rings (SSSR count). The fourth-order valence-electron chi connectivity index (χ4n) is 3.79. The molecule has 0 aliphatic carbocycles. The van der Waals surface area contributed by atoms with Gasteiger partial charge < -0.3 is 14.7 Å². The van der Waals surface area contributed by atoms with Crippen LogP contribution in [0.2, 0.25) is 0 Å². The summed E-state index contributed by atoms with van der Waals surface area (Å²) >= 11 is 0. The number of hydrogen-bond acceptors (Lipinski definition) is 4. The highest BCUT2D eigenvalue weighted by Crippen LogP contribution is 2.33. The van der Waals surface area contributed by atoms with Gasteiger partial charge in [0.15, 0.2) is 0 Å². The number of carbonyl (C=O) groups is 2. The summed E-state index contributed by atoms with van der Waals surface area (Å²) in [5.74, 6) is 0.805. The molecule has 1 aromatic heterocycles. The molecule has 0 radical (unpaired) electrons. The molecule has 2 amide bonds. The Labute approximate surface area is 153 Å². The van der Waals surface area contributed by atoms with Crippen molar-refractivity contribution >= 4 is 23.8 Å². The summed E-state index contributed by atoms with van der Waals surface area (Å²) < 4.78 is 0. The maximum Gasteiger partial charge on any atom is 0.258 e. The van der Waals surface area contributed by atoms with Gasteiger partial charge in [-0.25, -0.2) is 4.98 Å². The molecule has 0 N–H and O–H groups in total. The molecule has 1 atom stereocenters. The summed E-state index contributed by atoms with van der Waals surface area (Å²) in [6.07, 6.45) is 3.46. The van der Waals surface area contributed by atoms with E-state index in [1.165, 1.54) is 5.56 Å². The number of hydrogen-bond donors (Lipinski definition) is 0. The number of nitrogens with zero attached hydrogens (tertiary/aromatic N) is 4. The zero-order valence-corrected chi connectivity index (χ0v) is 14.8. The minimum atomic E-state index is 0.0117. The van der Waals surface area contributed by atoms with Gasteiger partial charge in [0.25, 0.3) is 5.91 Å². The molecule has 3 heterocycles. The maximum atomic E-state index is 13.2. The third-order valence-electron chi connectivity index (χ3n) is 5.21. The van der Waals surface area contributed by atoms with Gasteiger partial charge in [0.2, 0.25) is 6.41 Å². The predicted molar refractivity (Wildman–Crippen MR) is 101 cm³/mol. The van der Waals surface area contributed by atoms with E-state index in [1.807, 2.05) is 29.2 Å². The Morgan fingerprint density at radius 1 is 1.15 bits per heavy atom. The molecular formula is C20H22N4O2. The number of carbonyl (C=O) groups excluding carboxylic acids is 2. The second kappa shape index (κ2) is 6.78. The van der Waals surface area contributed by atoms with Crippen LogP contribution in [0.15, 0.2) is 42.6 Å². The zero-order valence-electron chi connectivity index (χ0n) is 14.8. The van der Waals surface area contributed by atoms with Crippen LogP contribution < -0.4 is 9.80 Å². The number of pyridine rings is 1. The average molecular weight is 350 g/mol. The van der Waals surface area contributed by atoms with E-state index in [9.17, 15) is 9.59 Å². The van der Waals surface area contributed by atoms with Crippen LogP contribution in [0.25, 0.3) is 0 Å². The van der Waals surface area contributed by atoms with Crippen molar-refractivity contribution in [2.75, 3.05) is 36.0 Å². The van der Waals surface area contributed by atoms with Crippen LogP contribution in [-0.2, 0) is 11.2 Å². The van der Waals surface area contributed by atoms with Crippen LogP contribution in [0.4, 0.5) is 11.5 Å². The Balaban J connectivity index is 1.57. The molecule has 26 heavy (non-hydrogen) atoms. The summed E-state index contributed by atoms with van der Waals surface area (Å²) in [5.41, 5.74) is 2.87. The largest absolute Gasteiger partial charge is 0.353 e. The smallest absolute Gasteiger partial charge is 0.258 e. The number of piperazine rings is 1. The van der Waals surface area contributed by atoms with Crippen molar-refractivity contribution in [3.8, 4) is 0 Å². The van der Waals surface area contributed by atoms with Gasteiger partial charge in [-0.1, -0.05) is 18.2 Å². The molecule has 0 bridgehead atoms. The second-order valence-corrected chi connectivity index (χ2v) is 6.89. The highest BCUT2D eigenvalue weighted by Gasteiger charge is 2.31. The van der Waals surface area contributed by atoms with E-state index in [0.29, 0.717) is 18.7 Å². The summed E-state index contributed by atoms with van der Waals surface area (Å²) in [5, 5.41) is 0. The SMILES string of the molecule is CC1Cc2ccccc2N1C(=O)c1ccnc(N2CCN(C=O)CC2)c1. The molecule has 6 heteroatoms. The van der Waals surface area contributed by atoms with Crippen molar-refractivity contribution in [1.29, 1.82) is 0 Å². The van der Waals surface area contributed by atoms with Crippen molar-refractivity contribution in [2.24, 2.45) is 0 Å². The van der Waals surface area contributed by atoms with Gasteiger partial charge in [-0.15, -0.1) is 0 Å². The van der Waals surface area contributed by atoms with Gasteiger partial charge in [0.05, 0.1) is 0 Å². The lowest BCUT2D eigenvalue weighted by atomic mass is 10.1. The predicted octanol–water partition coefficient (Wildman–Crippen LogP) is 1.95. The lowest BCUT2D eigenvalue weighted by Crippen LogP contribution is -2.46. The quantitative estimate of drug-likeness (QED) is 0.794. The molecule has 134 valence electrons. The molecule has 1 saturated heterocycles. The molecule has 2 aliphatic rings. The highest BCUT2D eigenvalue weighted by atomic mass is 16.2. The van der Waals surface area contributed by atoms with Crippen molar-refractivity contribution < 1.29 is 9.59 Å². The standard InChI is InChI=1S/C20H22N4O2/c1-15-12-16-4-2-3-5-18(16)24(15)20(26)17-6-7-21-19(13-17)23-10-8-22(14-25)9-11-23/h2-7,13-15H,8-12H2,1H3. The summed E-state index contributed by atoms with van der Waals surface area (Å²) in [6.45, 7) is 4.90. The molecule has 2 aliphatic heterocycles. The number of anilines is 2. The lowest BCUT2D eigenvalue weighted by molar-refractivity contribution is -0.118. The van der Waals surface area contributed by atoms with E-state index in [4.69, 9.17) is 0 Å². The third kappa shape index (κ3) is 2.92. The van der Waals surface area contributed by atoms with E-state index in [1.54, 1.807) is 17.2 Å². The minimum absolute atomic E-state index is 0.0117. The van der Waals surface area contributed by atoms with Gasteiger partial charge in [-0.3, -0.25) is 9.59 Å². The Hall–Kier alpha value is -2.89. The van der Waals surface area contributed by atoms with E-state index in [2.05, 4.69) is 22.9 Å². The fraction of sp³-hybridized carbons (Fsp3) is 0.350. The Kier molecular flexibility index (Phi) is 4.32. The first kappa shape index (κ1) is 16.6. The zero-order chi connectivity index (χ0) is 18.1. The van der Waals surface area contributed by atoms with Crippen molar-refractivity contribution in [3.05, 3.63) is 53.7 Å². The average Bonchev–Trinajstić information content (AvgIpc) is 3.03. The Bertz CT molecular complexity index is 830. The van der Waals surface area contributed by atoms with Crippen LogP contribution in [0, 0.1) is 0 Å². The molecule has 1 unspecified atom stereocenters. The van der Waals surface area contributed by atoms with Gasteiger partial charge in [-0.2, -0.15) is 0 Å². The van der Waals surface area contributed by atoms with Gasteiger partial charge in [0, 0.05) is 49.7 Å². The molecule has 0 saturated carbocycles. The number of rotatable bonds is 3. The monoisotopic (exact) mass is 350 g/mol. The van der Waals surface area contributed by atoms with Crippen molar-refractivity contribution in [1.82, 2.24) is 9.88 Å². The number of fused-ring (bicyclic) bond motifs is 1. The summed E-state index contributed by atoms with van der Waals surface area (Å²) in [4.78, 5) is 34.2. The Morgan fingerprint density at radius 3 is 2.69 bits per heavy atom. The maximum absolute atomic E-state index is 13.2. The third-order valence-corrected chi connectivity index (χ3v) is 5.21. The molecule has 6 nitrogen and oxygen atoms in total. The van der Waals surface area contributed by atoms with Gasteiger partial charge >= 0.3 is 0 Å². The number of amides is 2.